The molecule has 0 fully saturated rings. The van der Waals surface area contributed by atoms with E-state index in [2.05, 4.69) is 12.2 Å². The lowest BCUT2D eigenvalue weighted by atomic mass is 10.1. The van der Waals surface area contributed by atoms with E-state index < -0.39 is 6.04 Å². The summed E-state index contributed by atoms with van der Waals surface area (Å²) in [6, 6.07) is 14.1. The van der Waals surface area contributed by atoms with Crippen molar-refractivity contribution in [3.05, 3.63) is 64.1 Å². The first kappa shape index (κ1) is 26.0. The van der Waals surface area contributed by atoms with Crippen molar-refractivity contribution in [2.45, 2.75) is 58.5 Å². The molecule has 0 bridgehead atoms. The molecule has 0 aliphatic heterocycles. The number of carbonyl (C=O) groups excluding carboxylic acids is 2. The Labute approximate surface area is 201 Å². The number of unbranched alkanes of at least 4 members (excludes halogenated alkanes) is 1. The van der Waals surface area contributed by atoms with Crippen LogP contribution in [0.1, 0.15) is 51.5 Å². The summed E-state index contributed by atoms with van der Waals surface area (Å²) in [4.78, 5) is 27.7. The molecule has 2 amide bonds. The number of rotatable bonds is 13. The van der Waals surface area contributed by atoms with Gasteiger partial charge in [0.05, 0.1) is 6.61 Å². The number of halogens is 2. The Bertz CT molecular complexity index is 841. The summed E-state index contributed by atoms with van der Waals surface area (Å²) in [5.41, 5.74) is 0.643. The van der Waals surface area contributed by atoms with Crippen molar-refractivity contribution >= 4 is 35.0 Å². The summed E-state index contributed by atoms with van der Waals surface area (Å²) in [7, 11) is 0. The molecule has 0 heterocycles. The monoisotopic (exact) mass is 478 g/mol. The van der Waals surface area contributed by atoms with Crippen molar-refractivity contribution in [1.82, 2.24) is 10.2 Å². The van der Waals surface area contributed by atoms with E-state index in [0.717, 1.165) is 18.6 Å². The van der Waals surface area contributed by atoms with Crippen LogP contribution < -0.4 is 10.1 Å². The molecule has 0 radical (unpaired) electrons. The van der Waals surface area contributed by atoms with Gasteiger partial charge >= 0.3 is 0 Å². The second-order valence-electron chi connectivity index (χ2n) is 7.56. The SMILES string of the molecule is CCCCNC(=O)[C@H](CC)N(Cc1c(Cl)cccc1Cl)C(=O)CCCOc1ccccc1. The standard InChI is InChI=1S/C25H32Cl2N2O3/c1-3-5-16-28-25(31)23(4-2)29(18-20-21(26)13-9-14-22(20)27)24(30)15-10-17-32-19-11-7-6-8-12-19/h6-9,11-14,23H,3-5,10,15-18H2,1-2H3,(H,28,31)/t23-/m0/s1. The van der Waals surface area contributed by atoms with Gasteiger partial charge in [0.2, 0.25) is 11.8 Å². The molecule has 7 heteroatoms. The highest BCUT2D eigenvalue weighted by molar-refractivity contribution is 6.36. The average molecular weight is 479 g/mol. The second-order valence-corrected chi connectivity index (χ2v) is 8.37. The number of carbonyl (C=O) groups is 2. The van der Waals surface area contributed by atoms with E-state index >= 15 is 0 Å². The van der Waals surface area contributed by atoms with Crippen molar-refractivity contribution in [3.8, 4) is 5.75 Å². The van der Waals surface area contributed by atoms with Crippen LogP contribution >= 0.6 is 23.2 Å². The minimum Gasteiger partial charge on any atom is -0.494 e. The molecular weight excluding hydrogens is 447 g/mol. The van der Waals surface area contributed by atoms with Crippen LogP contribution in [-0.4, -0.2) is 35.9 Å². The number of nitrogens with one attached hydrogen (secondary N) is 1. The highest BCUT2D eigenvalue weighted by Gasteiger charge is 2.29. The van der Waals surface area contributed by atoms with Gasteiger partial charge in [0.1, 0.15) is 11.8 Å². The Balaban J connectivity index is 2.10. The average Bonchev–Trinajstić information content (AvgIpc) is 2.79. The Morgan fingerprint density at radius 1 is 1.00 bits per heavy atom. The fourth-order valence-electron chi connectivity index (χ4n) is 3.35. The van der Waals surface area contributed by atoms with E-state index in [0.29, 0.717) is 41.6 Å². The largest absolute Gasteiger partial charge is 0.494 e. The fourth-order valence-corrected chi connectivity index (χ4v) is 3.87. The highest BCUT2D eigenvalue weighted by atomic mass is 35.5. The van der Waals surface area contributed by atoms with Crippen molar-refractivity contribution < 1.29 is 14.3 Å². The summed E-state index contributed by atoms with van der Waals surface area (Å²) in [6.45, 7) is 5.14. The molecule has 0 saturated heterocycles. The van der Waals surface area contributed by atoms with Gasteiger partial charge in [-0.1, -0.05) is 67.7 Å². The zero-order chi connectivity index (χ0) is 23.3. The molecule has 5 nitrogen and oxygen atoms in total. The molecule has 174 valence electrons. The van der Waals surface area contributed by atoms with Crippen LogP contribution in [0.2, 0.25) is 10.0 Å². The first-order chi connectivity index (χ1) is 15.5. The minimum atomic E-state index is -0.596. The Morgan fingerprint density at radius 2 is 1.69 bits per heavy atom. The van der Waals surface area contributed by atoms with Gasteiger partial charge in [-0.2, -0.15) is 0 Å². The maximum absolute atomic E-state index is 13.2. The third-order valence-electron chi connectivity index (χ3n) is 5.15. The third kappa shape index (κ3) is 8.03. The molecule has 0 aliphatic rings. The van der Waals surface area contributed by atoms with Crippen LogP contribution in [0.4, 0.5) is 0 Å². The maximum Gasteiger partial charge on any atom is 0.242 e. The molecule has 2 rings (SSSR count). The molecule has 0 aliphatic carbocycles. The normalized spacial score (nSPS) is 11.6. The van der Waals surface area contributed by atoms with Gasteiger partial charge in [-0.15, -0.1) is 0 Å². The number of ether oxygens (including phenoxy) is 1. The van der Waals surface area contributed by atoms with Crippen LogP contribution in [0, 0.1) is 0 Å². The number of nitrogens with zero attached hydrogens (tertiary/aromatic N) is 1. The lowest BCUT2D eigenvalue weighted by Gasteiger charge is -2.31. The van der Waals surface area contributed by atoms with E-state index in [4.69, 9.17) is 27.9 Å². The Hall–Kier alpha value is -2.24. The van der Waals surface area contributed by atoms with Gasteiger partial charge in [-0.3, -0.25) is 9.59 Å². The summed E-state index contributed by atoms with van der Waals surface area (Å²) in [6.07, 6.45) is 3.16. The first-order valence-corrected chi connectivity index (χ1v) is 11.9. The summed E-state index contributed by atoms with van der Waals surface area (Å²) < 4.78 is 5.70. The van der Waals surface area contributed by atoms with Crippen molar-refractivity contribution in [2.75, 3.05) is 13.2 Å². The van der Waals surface area contributed by atoms with E-state index in [9.17, 15) is 9.59 Å². The molecular formula is C25H32Cl2N2O3. The first-order valence-electron chi connectivity index (χ1n) is 11.2. The Morgan fingerprint density at radius 3 is 2.31 bits per heavy atom. The predicted octanol–water partition coefficient (Wildman–Crippen LogP) is 5.88. The van der Waals surface area contributed by atoms with Crippen LogP contribution in [-0.2, 0) is 16.1 Å². The summed E-state index contributed by atoms with van der Waals surface area (Å²) >= 11 is 12.7. The molecule has 0 unspecified atom stereocenters. The molecule has 32 heavy (non-hydrogen) atoms. The number of benzene rings is 2. The molecule has 0 saturated carbocycles. The van der Waals surface area contributed by atoms with Crippen LogP contribution in [0.25, 0.3) is 0 Å². The number of para-hydroxylation sites is 1. The van der Waals surface area contributed by atoms with Crippen molar-refractivity contribution in [1.29, 1.82) is 0 Å². The van der Waals surface area contributed by atoms with Gasteiger partial charge in [0.15, 0.2) is 0 Å². The predicted molar refractivity (Wildman–Crippen MR) is 130 cm³/mol. The van der Waals surface area contributed by atoms with Gasteiger partial charge < -0.3 is 15.0 Å². The van der Waals surface area contributed by atoms with Crippen LogP contribution in [0.15, 0.2) is 48.5 Å². The van der Waals surface area contributed by atoms with Crippen LogP contribution in [0.5, 0.6) is 5.75 Å². The molecule has 1 atom stereocenters. The van der Waals surface area contributed by atoms with Crippen molar-refractivity contribution in [2.24, 2.45) is 0 Å². The number of hydrogen-bond acceptors (Lipinski definition) is 3. The smallest absolute Gasteiger partial charge is 0.242 e. The summed E-state index contributed by atoms with van der Waals surface area (Å²) in [5.74, 6) is 0.481. The molecule has 1 N–H and O–H groups in total. The topological polar surface area (TPSA) is 58.6 Å². The highest BCUT2D eigenvalue weighted by Crippen LogP contribution is 2.27. The number of amides is 2. The van der Waals surface area contributed by atoms with Gasteiger partial charge in [0.25, 0.3) is 0 Å². The molecule has 2 aromatic rings. The lowest BCUT2D eigenvalue weighted by molar-refractivity contribution is -0.141. The van der Waals surface area contributed by atoms with Gasteiger partial charge in [-0.25, -0.2) is 0 Å². The van der Waals surface area contributed by atoms with Crippen molar-refractivity contribution in [3.63, 3.8) is 0 Å². The maximum atomic E-state index is 13.2. The number of hydrogen-bond donors (Lipinski definition) is 1. The van der Waals surface area contributed by atoms with E-state index in [-0.39, 0.29) is 24.8 Å². The van der Waals surface area contributed by atoms with Gasteiger partial charge in [-0.05, 0) is 43.5 Å². The molecule has 0 spiro atoms. The van der Waals surface area contributed by atoms with E-state index in [1.165, 1.54) is 0 Å². The lowest BCUT2D eigenvalue weighted by Crippen LogP contribution is -2.49. The van der Waals surface area contributed by atoms with E-state index in [1.54, 1.807) is 23.1 Å². The molecule has 0 aromatic heterocycles. The zero-order valence-electron chi connectivity index (χ0n) is 18.8. The summed E-state index contributed by atoms with van der Waals surface area (Å²) in [5, 5.41) is 3.90. The van der Waals surface area contributed by atoms with E-state index in [1.807, 2.05) is 37.3 Å². The third-order valence-corrected chi connectivity index (χ3v) is 5.86. The zero-order valence-corrected chi connectivity index (χ0v) is 20.3. The van der Waals surface area contributed by atoms with Crippen LogP contribution in [0.3, 0.4) is 0 Å². The fraction of sp³-hybridized carbons (Fsp3) is 0.440. The second kappa shape index (κ2) is 14.0. The van der Waals surface area contributed by atoms with Gasteiger partial charge in [0, 0.05) is 35.1 Å². The Kier molecular flexibility index (Phi) is 11.4. The molecule has 2 aromatic carbocycles. The minimum absolute atomic E-state index is 0.130. The quantitative estimate of drug-likeness (QED) is 0.365.